The zero-order chi connectivity index (χ0) is 11.4. The van der Waals surface area contributed by atoms with Crippen LogP contribution in [-0.2, 0) is 14.3 Å². The number of esters is 1. The molecule has 1 aliphatic heterocycles. The number of carbonyl (C=O) groups is 2. The van der Waals surface area contributed by atoms with Crippen LogP contribution in [0.1, 0.15) is 26.7 Å². The monoisotopic (exact) mass is 214 g/mol. The standard InChI is InChI=1S/C10H18N2O3/c1-3-15-10(14)8-5-4-6-12(8)7(2)9(11)13/h7-8H,3-6H2,1-2H3,(H2,11,13). The van der Waals surface area contributed by atoms with E-state index in [1.54, 1.807) is 13.8 Å². The fraction of sp³-hybridized carbons (Fsp3) is 0.800. The summed E-state index contributed by atoms with van der Waals surface area (Å²) in [6.07, 6.45) is 1.65. The Balaban J connectivity index is 2.64. The van der Waals surface area contributed by atoms with Gasteiger partial charge in [-0.2, -0.15) is 0 Å². The van der Waals surface area contributed by atoms with Crippen LogP contribution in [0.3, 0.4) is 0 Å². The van der Waals surface area contributed by atoms with E-state index in [1.165, 1.54) is 0 Å². The third-order valence-corrected chi connectivity index (χ3v) is 2.76. The van der Waals surface area contributed by atoms with Crippen molar-refractivity contribution in [3.63, 3.8) is 0 Å². The van der Waals surface area contributed by atoms with Crippen molar-refractivity contribution in [2.24, 2.45) is 5.73 Å². The maximum absolute atomic E-state index is 11.6. The highest BCUT2D eigenvalue weighted by molar-refractivity contribution is 5.82. The van der Waals surface area contributed by atoms with Crippen molar-refractivity contribution in [2.45, 2.75) is 38.8 Å². The molecule has 1 fully saturated rings. The van der Waals surface area contributed by atoms with Crippen LogP contribution in [0.2, 0.25) is 0 Å². The molecule has 86 valence electrons. The lowest BCUT2D eigenvalue weighted by molar-refractivity contribution is -0.149. The van der Waals surface area contributed by atoms with Crippen molar-refractivity contribution in [2.75, 3.05) is 13.2 Å². The van der Waals surface area contributed by atoms with Gasteiger partial charge in [-0.25, -0.2) is 0 Å². The summed E-state index contributed by atoms with van der Waals surface area (Å²) in [6, 6.07) is -0.700. The van der Waals surface area contributed by atoms with Crippen molar-refractivity contribution in [1.82, 2.24) is 4.90 Å². The summed E-state index contributed by atoms with van der Waals surface area (Å²) >= 11 is 0. The van der Waals surface area contributed by atoms with E-state index >= 15 is 0 Å². The van der Waals surface area contributed by atoms with Gasteiger partial charge in [-0.15, -0.1) is 0 Å². The normalized spacial score (nSPS) is 23.7. The Morgan fingerprint density at radius 1 is 1.60 bits per heavy atom. The second-order valence-electron chi connectivity index (χ2n) is 3.73. The molecule has 5 nitrogen and oxygen atoms in total. The Hall–Kier alpha value is -1.10. The molecule has 1 heterocycles. The summed E-state index contributed by atoms with van der Waals surface area (Å²) in [4.78, 5) is 24.4. The van der Waals surface area contributed by atoms with E-state index in [0.29, 0.717) is 6.61 Å². The van der Waals surface area contributed by atoms with Gasteiger partial charge in [0.15, 0.2) is 0 Å². The maximum Gasteiger partial charge on any atom is 0.323 e. The van der Waals surface area contributed by atoms with E-state index in [2.05, 4.69) is 0 Å². The Morgan fingerprint density at radius 2 is 2.27 bits per heavy atom. The number of likely N-dealkylation sites (tertiary alicyclic amines) is 1. The van der Waals surface area contributed by atoms with Crippen LogP contribution in [-0.4, -0.2) is 42.0 Å². The summed E-state index contributed by atoms with van der Waals surface area (Å²) in [7, 11) is 0. The fourth-order valence-corrected chi connectivity index (χ4v) is 1.91. The van der Waals surface area contributed by atoms with Gasteiger partial charge < -0.3 is 10.5 Å². The highest BCUT2D eigenvalue weighted by Gasteiger charge is 2.36. The number of hydrogen-bond acceptors (Lipinski definition) is 4. The molecular weight excluding hydrogens is 196 g/mol. The summed E-state index contributed by atoms with van der Waals surface area (Å²) in [5.74, 6) is -0.644. The zero-order valence-electron chi connectivity index (χ0n) is 9.23. The third kappa shape index (κ3) is 2.68. The number of nitrogens with two attached hydrogens (primary N) is 1. The quantitative estimate of drug-likeness (QED) is 0.663. The van der Waals surface area contributed by atoms with Crippen molar-refractivity contribution < 1.29 is 14.3 Å². The van der Waals surface area contributed by atoms with Gasteiger partial charge in [0.25, 0.3) is 0 Å². The Labute approximate surface area is 89.6 Å². The van der Waals surface area contributed by atoms with E-state index in [9.17, 15) is 9.59 Å². The number of hydrogen-bond donors (Lipinski definition) is 1. The van der Waals surface area contributed by atoms with Crippen LogP contribution in [0.25, 0.3) is 0 Å². The summed E-state index contributed by atoms with van der Waals surface area (Å²) in [6.45, 7) is 4.59. The molecule has 1 rings (SSSR count). The van der Waals surface area contributed by atoms with Gasteiger partial charge in [0.05, 0.1) is 12.6 Å². The molecule has 15 heavy (non-hydrogen) atoms. The van der Waals surface area contributed by atoms with Crippen molar-refractivity contribution >= 4 is 11.9 Å². The van der Waals surface area contributed by atoms with Crippen LogP contribution in [0, 0.1) is 0 Å². The number of ether oxygens (including phenoxy) is 1. The van der Waals surface area contributed by atoms with Crippen LogP contribution >= 0.6 is 0 Å². The highest BCUT2D eigenvalue weighted by Crippen LogP contribution is 2.21. The molecule has 0 aromatic heterocycles. The molecule has 0 aromatic carbocycles. The average Bonchev–Trinajstić information content (AvgIpc) is 2.65. The van der Waals surface area contributed by atoms with Crippen molar-refractivity contribution in [3.05, 3.63) is 0 Å². The lowest BCUT2D eigenvalue weighted by Crippen LogP contribution is -2.48. The van der Waals surface area contributed by atoms with Crippen LogP contribution in [0.5, 0.6) is 0 Å². The molecule has 0 bridgehead atoms. The van der Waals surface area contributed by atoms with Crippen molar-refractivity contribution in [3.8, 4) is 0 Å². The summed E-state index contributed by atoms with van der Waals surface area (Å²) in [5.41, 5.74) is 5.22. The molecule has 0 spiro atoms. The Kier molecular flexibility index (Phi) is 4.08. The molecule has 2 N–H and O–H groups in total. The molecular formula is C10H18N2O3. The maximum atomic E-state index is 11.6. The highest BCUT2D eigenvalue weighted by atomic mass is 16.5. The summed E-state index contributed by atoms with van der Waals surface area (Å²) in [5, 5.41) is 0. The van der Waals surface area contributed by atoms with Gasteiger partial charge in [-0.05, 0) is 33.2 Å². The molecule has 2 unspecified atom stereocenters. The average molecular weight is 214 g/mol. The fourth-order valence-electron chi connectivity index (χ4n) is 1.91. The van der Waals surface area contributed by atoms with E-state index in [0.717, 1.165) is 19.4 Å². The predicted octanol–water partition coefficient (Wildman–Crippen LogP) is -0.112. The minimum absolute atomic E-state index is 0.247. The molecule has 0 saturated carbocycles. The first kappa shape index (κ1) is 12.0. The first-order chi connectivity index (χ1) is 7.07. The number of primary amides is 1. The Bertz CT molecular complexity index is 255. The summed E-state index contributed by atoms with van der Waals surface area (Å²) < 4.78 is 4.95. The third-order valence-electron chi connectivity index (χ3n) is 2.76. The number of amides is 1. The molecule has 1 saturated heterocycles. The van der Waals surface area contributed by atoms with E-state index < -0.39 is 11.9 Å². The minimum Gasteiger partial charge on any atom is -0.465 e. The van der Waals surface area contributed by atoms with E-state index in [4.69, 9.17) is 10.5 Å². The molecule has 0 radical (unpaired) electrons. The zero-order valence-corrected chi connectivity index (χ0v) is 9.23. The van der Waals surface area contributed by atoms with Crippen LogP contribution in [0.4, 0.5) is 0 Å². The van der Waals surface area contributed by atoms with Gasteiger partial charge in [0, 0.05) is 0 Å². The molecule has 0 aromatic rings. The topological polar surface area (TPSA) is 72.6 Å². The molecule has 1 amide bonds. The lowest BCUT2D eigenvalue weighted by atomic mass is 10.2. The molecule has 2 atom stereocenters. The second kappa shape index (κ2) is 5.11. The van der Waals surface area contributed by atoms with E-state index in [-0.39, 0.29) is 12.0 Å². The molecule has 5 heteroatoms. The number of nitrogens with zero attached hydrogens (tertiary/aromatic N) is 1. The van der Waals surface area contributed by atoms with E-state index in [1.807, 2.05) is 4.90 Å². The second-order valence-corrected chi connectivity index (χ2v) is 3.73. The molecule has 0 aliphatic carbocycles. The van der Waals surface area contributed by atoms with Gasteiger partial charge >= 0.3 is 5.97 Å². The molecule has 1 aliphatic rings. The van der Waals surface area contributed by atoms with Crippen molar-refractivity contribution in [1.29, 1.82) is 0 Å². The first-order valence-electron chi connectivity index (χ1n) is 5.29. The lowest BCUT2D eigenvalue weighted by Gasteiger charge is -2.26. The van der Waals surface area contributed by atoms with Crippen LogP contribution in [0.15, 0.2) is 0 Å². The minimum atomic E-state index is -0.401. The van der Waals surface area contributed by atoms with Gasteiger partial charge in [0.2, 0.25) is 5.91 Å². The van der Waals surface area contributed by atoms with Gasteiger partial charge in [-0.1, -0.05) is 0 Å². The SMILES string of the molecule is CCOC(=O)C1CCCN1C(C)C(N)=O. The number of rotatable bonds is 4. The van der Waals surface area contributed by atoms with Gasteiger partial charge in [0.1, 0.15) is 6.04 Å². The Morgan fingerprint density at radius 3 is 2.80 bits per heavy atom. The smallest absolute Gasteiger partial charge is 0.323 e. The van der Waals surface area contributed by atoms with Crippen LogP contribution < -0.4 is 5.73 Å². The predicted molar refractivity (Wildman–Crippen MR) is 55.0 cm³/mol. The van der Waals surface area contributed by atoms with Gasteiger partial charge in [-0.3, -0.25) is 14.5 Å². The largest absolute Gasteiger partial charge is 0.465 e. The first-order valence-corrected chi connectivity index (χ1v) is 5.29. The number of carbonyl (C=O) groups excluding carboxylic acids is 2.